The normalized spacial score (nSPS) is 16.9. The number of unbranched alkanes of at least 4 members (excludes halogenated alkanes) is 1. The molecule has 0 saturated carbocycles. The number of aromatic nitrogens is 2. The molecule has 1 aliphatic rings. The van der Waals surface area contributed by atoms with Crippen molar-refractivity contribution in [2.45, 2.75) is 32.6 Å². The number of nitrogens with zero attached hydrogens (tertiary/aromatic N) is 3. The van der Waals surface area contributed by atoms with Gasteiger partial charge in [-0.25, -0.2) is 0 Å². The number of rotatable bonds is 7. The number of nitrogens with one attached hydrogen (secondary N) is 1. The number of halogens is 1. The van der Waals surface area contributed by atoms with E-state index < -0.39 is 0 Å². The van der Waals surface area contributed by atoms with Gasteiger partial charge in [0.05, 0.1) is 5.92 Å². The molecular formula is C18H21ClN4O2S. The largest absolute Gasteiger partial charge is 0.342 e. The zero-order valence-electron chi connectivity index (χ0n) is 14.6. The maximum atomic E-state index is 12.4. The van der Waals surface area contributed by atoms with Crippen LogP contribution in [0.5, 0.6) is 0 Å². The zero-order valence-corrected chi connectivity index (χ0v) is 16.1. The van der Waals surface area contributed by atoms with E-state index in [4.69, 9.17) is 11.6 Å². The van der Waals surface area contributed by atoms with E-state index in [0.29, 0.717) is 23.1 Å². The van der Waals surface area contributed by atoms with E-state index in [0.717, 1.165) is 30.0 Å². The topological polar surface area (TPSA) is 75.2 Å². The molecule has 0 spiro atoms. The van der Waals surface area contributed by atoms with Crippen molar-refractivity contribution in [2.75, 3.05) is 18.4 Å². The summed E-state index contributed by atoms with van der Waals surface area (Å²) in [6.07, 6.45) is 2.90. The minimum atomic E-state index is -0.317. The summed E-state index contributed by atoms with van der Waals surface area (Å²) in [5.41, 5.74) is 1.08. The fraction of sp³-hybridized carbons (Fsp3) is 0.444. The molecule has 1 aliphatic heterocycles. The molecule has 2 heterocycles. The van der Waals surface area contributed by atoms with Crippen molar-refractivity contribution in [3.05, 3.63) is 39.9 Å². The molecule has 138 valence electrons. The second-order valence-electron chi connectivity index (χ2n) is 6.39. The van der Waals surface area contributed by atoms with Crippen LogP contribution < -0.4 is 5.32 Å². The molecule has 1 aromatic heterocycles. The number of carbonyl (C=O) groups excluding carboxylic acids is 2. The lowest BCUT2D eigenvalue weighted by Gasteiger charge is -2.15. The van der Waals surface area contributed by atoms with Crippen LogP contribution in [0.15, 0.2) is 24.3 Å². The molecule has 1 fully saturated rings. The Morgan fingerprint density at radius 1 is 1.35 bits per heavy atom. The molecule has 1 aromatic carbocycles. The van der Waals surface area contributed by atoms with Gasteiger partial charge in [-0.3, -0.25) is 9.59 Å². The predicted octanol–water partition coefficient (Wildman–Crippen LogP) is 3.37. The first-order valence-corrected chi connectivity index (χ1v) is 9.90. The zero-order chi connectivity index (χ0) is 18.5. The van der Waals surface area contributed by atoms with E-state index in [9.17, 15) is 9.59 Å². The molecule has 26 heavy (non-hydrogen) atoms. The van der Waals surface area contributed by atoms with Gasteiger partial charge in [-0.2, -0.15) is 0 Å². The Hall–Kier alpha value is -1.99. The molecule has 0 unspecified atom stereocenters. The third-order valence-corrected chi connectivity index (χ3v) is 5.42. The Labute approximate surface area is 161 Å². The second kappa shape index (κ2) is 8.60. The van der Waals surface area contributed by atoms with Gasteiger partial charge in [-0.1, -0.05) is 48.4 Å². The fourth-order valence-corrected chi connectivity index (χ4v) is 3.78. The highest BCUT2D eigenvalue weighted by atomic mass is 35.5. The first kappa shape index (κ1) is 18.8. The van der Waals surface area contributed by atoms with Crippen molar-refractivity contribution < 1.29 is 9.59 Å². The number of likely N-dealkylation sites (tertiary alicyclic amines) is 1. The lowest BCUT2D eigenvalue weighted by Crippen LogP contribution is -2.29. The van der Waals surface area contributed by atoms with Gasteiger partial charge >= 0.3 is 0 Å². The van der Waals surface area contributed by atoms with Crippen LogP contribution in [0.2, 0.25) is 5.02 Å². The predicted molar refractivity (Wildman–Crippen MR) is 102 cm³/mol. The molecule has 1 saturated heterocycles. The van der Waals surface area contributed by atoms with E-state index >= 15 is 0 Å². The molecular weight excluding hydrogens is 372 g/mol. The highest BCUT2D eigenvalue weighted by Gasteiger charge is 2.34. The van der Waals surface area contributed by atoms with Gasteiger partial charge in [0, 0.05) is 31.0 Å². The van der Waals surface area contributed by atoms with E-state index in [2.05, 4.69) is 22.4 Å². The molecule has 8 heteroatoms. The fourth-order valence-electron chi connectivity index (χ4n) is 2.87. The van der Waals surface area contributed by atoms with Gasteiger partial charge < -0.3 is 10.2 Å². The second-order valence-corrected chi connectivity index (χ2v) is 7.89. The molecule has 0 aliphatic carbocycles. The molecule has 0 radical (unpaired) electrons. The van der Waals surface area contributed by atoms with Gasteiger partial charge in [0.25, 0.3) is 0 Å². The lowest BCUT2D eigenvalue weighted by atomic mass is 10.1. The van der Waals surface area contributed by atoms with Crippen molar-refractivity contribution in [1.29, 1.82) is 0 Å². The average Bonchev–Trinajstić information content (AvgIpc) is 3.21. The van der Waals surface area contributed by atoms with Crippen LogP contribution in [0.4, 0.5) is 5.13 Å². The average molecular weight is 393 g/mol. The van der Waals surface area contributed by atoms with Crippen molar-refractivity contribution in [3.8, 4) is 0 Å². The first-order chi connectivity index (χ1) is 12.5. The van der Waals surface area contributed by atoms with Crippen LogP contribution in [0.1, 0.15) is 36.8 Å². The lowest BCUT2D eigenvalue weighted by molar-refractivity contribution is -0.128. The summed E-state index contributed by atoms with van der Waals surface area (Å²) in [7, 11) is 0. The molecule has 3 rings (SSSR count). The van der Waals surface area contributed by atoms with Crippen LogP contribution in [0.3, 0.4) is 0 Å². The van der Waals surface area contributed by atoms with Gasteiger partial charge in [-0.05, 0) is 24.1 Å². The maximum Gasteiger partial charge on any atom is 0.231 e. The molecule has 6 nitrogen and oxygen atoms in total. The number of carbonyl (C=O) groups is 2. The van der Waals surface area contributed by atoms with Crippen molar-refractivity contribution in [2.24, 2.45) is 5.92 Å². The van der Waals surface area contributed by atoms with E-state index in [1.54, 1.807) is 4.90 Å². The Bertz CT molecular complexity index is 778. The van der Waals surface area contributed by atoms with Crippen LogP contribution in [-0.4, -0.2) is 40.0 Å². The molecule has 1 atom stereocenters. The van der Waals surface area contributed by atoms with Crippen molar-refractivity contribution in [1.82, 2.24) is 15.1 Å². The van der Waals surface area contributed by atoms with Crippen LogP contribution in [-0.2, 0) is 16.0 Å². The Morgan fingerprint density at radius 2 is 2.12 bits per heavy atom. The molecule has 2 amide bonds. The van der Waals surface area contributed by atoms with Crippen LogP contribution in [0, 0.1) is 5.92 Å². The monoisotopic (exact) mass is 392 g/mol. The third-order valence-electron chi connectivity index (χ3n) is 4.33. The van der Waals surface area contributed by atoms with Gasteiger partial charge in [0.1, 0.15) is 5.01 Å². The Balaban J connectivity index is 1.54. The standard InChI is InChI=1S/C18H21ClN4O2S/c1-2-3-8-23-11-13(10-16(23)24)17(25)20-18-22-21-15(26-18)9-12-4-6-14(19)7-5-12/h4-7,13H,2-3,8-11H2,1H3,(H,20,22,25)/t13-/m0/s1. The summed E-state index contributed by atoms with van der Waals surface area (Å²) in [4.78, 5) is 26.2. The summed E-state index contributed by atoms with van der Waals surface area (Å²) in [5.74, 6) is -0.422. The smallest absolute Gasteiger partial charge is 0.231 e. The van der Waals surface area contributed by atoms with Crippen molar-refractivity contribution in [3.63, 3.8) is 0 Å². The molecule has 1 N–H and O–H groups in total. The summed E-state index contributed by atoms with van der Waals surface area (Å²) >= 11 is 7.24. The summed E-state index contributed by atoms with van der Waals surface area (Å²) < 4.78 is 0. The minimum Gasteiger partial charge on any atom is -0.342 e. The van der Waals surface area contributed by atoms with E-state index in [1.807, 2.05) is 24.3 Å². The SMILES string of the molecule is CCCCN1C[C@@H](C(=O)Nc2nnc(Cc3ccc(Cl)cc3)s2)CC1=O. The van der Waals surface area contributed by atoms with Crippen LogP contribution in [0.25, 0.3) is 0 Å². The highest BCUT2D eigenvalue weighted by molar-refractivity contribution is 7.15. The summed E-state index contributed by atoms with van der Waals surface area (Å²) in [6.45, 7) is 3.30. The van der Waals surface area contributed by atoms with E-state index in [-0.39, 0.29) is 24.2 Å². The van der Waals surface area contributed by atoms with Gasteiger partial charge in [-0.15, -0.1) is 10.2 Å². The molecule has 0 bridgehead atoms. The minimum absolute atomic E-state index is 0.0549. The quantitative estimate of drug-likeness (QED) is 0.783. The van der Waals surface area contributed by atoms with Gasteiger partial charge in [0.2, 0.25) is 16.9 Å². The number of hydrogen-bond donors (Lipinski definition) is 1. The van der Waals surface area contributed by atoms with Crippen LogP contribution >= 0.6 is 22.9 Å². The Morgan fingerprint density at radius 3 is 2.85 bits per heavy atom. The maximum absolute atomic E-state index is 12.4. The Kier molecular flexibility index (Phi) is 6.21. The van der Waals surface area contributed by atoms with Gasteiger partial charge in [0.15, 0.2) is 0 Å². The highest BCUT2D eigenvalue weighted by Crippen LogP contribution is 2.23. The number of hydrogen-bond acceptors (Lipinski definition) is 5. The number of benzene rings is 1. The first-order valence-electron chi connectivity index (χ1n) is 8.70. The summed E-state index contributed by atoms with van der Waals surface area (Å²) in [6, 6.07) is 7.55. The van der Waals surface area contributed by atoms with E-state index in [1.165, 1.54) is 11.3 Å². The summed E-state index contributed by atoms with van der Waals surface area (Å²) in [5, 5.41) is 12.9. The number of anilines is 1. The molecule has 2 aromatic rings. The third kappa shape index (κ3) is 4.80. The van der Waals surface area contributed by atoms with Crippen molar-refractivity contribution >= 4 is 39.9 Å². The number of amides is 2.